The fourth-order valence-corrected chi connectivity index (χ4v) is 3.53. The van der Waals surface area contributed by atoms with Crippen LogP contribution in [0.15, 0.2) is 35.7 Å². The summed E-state index contributed by atoms with van der Waals surface area (Å²) in [5, 5.41) is 13.0. The maximum Gasteiger partial charge on any atom is 0.163 e. The Labute approximate surface area is 163 Å². The van der Waals surface area contributed by atoms with Gasteiger partial charge in [0.1, 0.15) is 5.69 Å². The number of aromatic nitrogens is 5. The molecule has 3 aromatic heterocycles. The van der Waals surface area contributed by atoms with Crippen molar-refractivity contribution in [1.82, 2.24) is 29.8 Å². The van der Waals surface area contributed by atoms with E-state index < -0.39 is 0 Å². The highest BCUT2D eigenvalue weighted by atomic mass is 16.5. The van der Waals surface area contributed by atoms with Crippen LogP contribution in [0.4, 0.5) is 5.82 Å². The Morgan fingerprint density at radius 1 is 1.46 bits per heavy atom. The van der Waals surface area contributed by atoms with Crippen LogP contribution in [0.25, 0.3) is 22.6 Å². The van der Waals surface area contributed by atoms with Gasteiger partial charge in [-0.25, -0.2) is 9.50 Å². The first kappa shape index (κ1) is 18.2. The van der Waals surface area contributed by atoms with Crippen LogP contribution in [0, 0.1) is 0 Å². The molecule has 0 saturated carbocycles. The Morgan fingerprint density at radius 3 is 3.00 bits per heavy atom. The fourth-order valence-electron chi connectivity index (χ4n) is 3.53. The molecule has 28 heavy (non-hydrogen) atoms. The third-order valence-electron chi connectivity index (χ3n) is 4.98. The molecule has 3 aromatic rings. The quantitative estimate of drug-likeness (QED) is 0.538. The van der Waals surface area contributed by atoms with Crippen molar-refractivity contribution < 1.29 is 4.74 Å². The summed E-state index contributed by atoms with van der Waals surface area (Å²) in [6, 6.07) is 4.30. The summed E-state index contributed by atoms with van der Waals surface area (Å²) in [6.07, 6.45) is 5.50. The minimum absolute atomic E-state index is 0.235. The number of hydrazone groups is 1. The highest BCUT2D eigenvalue weighted by Crippen LogP contribution is 2.30. The topological polar surface area (TPSA) is 84.9 Å². The number of imidazole rings is 1. The van der Waals surface area contributed by atoms with E-state index in [0.717, 1.165) is 40.7 Å². The molecule has 1 saturated heterocycles. The Balaban J connectivity index is 1.95. The molecule has 0 bridgehead atoms. The first-order valence-corrected chi connectivity index (χ1v) is 9.24. The lowest BCUT2D eigenvalue weighted by molar-refractivity contribution is 0.0984. The van der Waals surface area contributed by atoms with Crippen molar-refractivity contribution in [2.24, 2.45) is 12.1 Å². The molecule has 0 aliphatic carbocycles. The summed E-state index contributed by atoms with van der Waals surface area (Å²) in [4.78, 5) is 6.91. The predicted octanol–water partition coefficient (Wildman–Crippen LogP) is 1.92. The smallest absolute Gasteiger partial charge is 0.163 e. The van der Waals surface area contributed by atoms with E-state index in [2.05, 4.69) is 45.2 Å². The number of aryl methyl sites for hydroxylation is 1. The number of morpholine rings is 1. The van der Waals surface area contributed by atoms with Crippen molar-refractivity contribution in [2.45, 2.75) is 19.9 Å². The lowest BCUT2D eigenvalue weighted by Crippen LogP contribution is -2.44. The Kier molecular flexibility index (Phi) is 4.82. The van der Waals surface area contributed by atoms with Crippen LogP contribution in [0.3, 0.4) is 0 Å². The van der Waals surface area contributed by atoms with Crippen LogP contribution in [0.1, 0.15) is 19.5 Å². The van der Waals surface area contributed by atoms with Gasteiger partial charge >= 0.3 is 0 Å². The number of fused-ring (bicyclic) bond motifs is 1. The van der Waals surface area contributed by atoms with Gasteiger partial charge in [0.15, 0.2) is 11.5 Å². The monoisotopic (exact) mass is 380 g/mol. The number of hydrogen-bond acceptors (Lipinski definition) is 7. The molecule has 4 heterocycles. The molecule has 1 N–H and O–H groups in total. The van der Waals surface area contributed by atoms with E-state index in [1.54, 1.807) is 12.4 Å². The summed E-state index contributed by atoms with van der Waals surface area (Å²) >= 11 is 0. The number of ether oxygens (including phenoxy) is 1. The number of nitrogens with one attached hydrogen (secondary N) is 1. The summed E-state index contributed by atoms with van der Waals surface area (Å²) in [6.45, 7) is 9.75. The summed E-state index contributed by atoms with van der Waals surface area (Å²) < 4.78 is 9.30. The van der Waals surface area contributed by atoms with E-state index in [1.165, 1.54) is 0 Å². The zero-order valence-corrected chi connectivity index (χ0v) is 16.3. The molecule has 1 aliphatic heterocycles. The van der Waals surface area contributed by atoms with Crippen molar-refractivity contribution in [3.05, 3.63) is 36.3 Å². The lowest BCUT2D eigenvalue weighted by atomic mass is 10.2. The summed E-state index contributed by atoms with van der Waals surface area (Å²) in [5.41, 5.74) is 7.23. The lowest BCUT2D eigenvalue weighted by Gasteiger charge is -2.34. The van der Waals surface area contributed by atoms with Gasteiger partial charge in [0, 0.05) is 32.1 Å². The van der Waals surface area contributed by atoms with E-state index in [-0.39, 0.29) is 6.04 Å². The third kappa shape index (κ3) is 3.03. The fraction of sp³-hybridized carbons (Fsp3) is 0.368. The van der Waals surface area contributed by atoms with Crippen LogP contribution in [-0.4, -0.2) is 56.9 Å². The van der Waals surface area contributed by atoms with Crippen LogP contribution >= 0.6 is 0 Å². The van der Waals surface area contributed by atoms with Gasteiger partial charge in [-0.3, -0.25) is 10.1 Å². The molecule has 9 heteroatoms. The maximum absolute atomic E-state index is 5.60. The van der Waals surface area contributed by atoms with Crippen molar-refractivity contribution in [2.75, 3.05) is 24.7 Å². The second-order valence-electron chi connectivity index (χ2n) is 6.72. The first-order chi connectivity index (χ1) is 13.6. The maximum atomic E-state index is 5.60. The molecule has 0 radical (unpaired) electrons. The van der Waals surface area contributed by atoms with Crippen molar-refractivity contribution in [3.63, 3.8) is 0 Å². The number of nitrogens with zero attached hydrogens (tertiary/aromatic N) is 7. The normalized spacial score (nSPS) is 17.9. The number of anilines is 1. The van der Waals surface area contributed by atoms with Gasteiger partial charge in [-0.15, -0.1) is 5.10 Å². The van der Waals surface area contributed by atoms with Gasteiger partial charge < -0.3 is 9.64 Å². The zero-order valence-electron chi connectivity index (χ0n) is 16.3. The predicted molar refractivity (Wildman–Crippen MR) is 109 cm³/mol. The van der Waals surface area contributed by atoms with Gasteiger partial charge in [0.05, 0.1) is 36.8 Å². The Bertz CT molecular complexity index is 1030. The summed E-state index contributed by atoms with van der Waals surface area (Å²) in [7, 11) is 1.92. The number of rotatable bonds is 5. The van der Waals surface area contributed by atoms with E-state index in [9.17, 15) is 0 Å². The van der Waals surface area contributed by atoms with Gasteiger partial charge in [-0.1, -0.05) is 6.08 Å². The molecule has 0 unspecified atom stereocenters. The average molecular weight is 380 g/mol. The second-order valence-corrected chi connectivity index (χ2v) is 6.72. The molecule has 9 nitrogen and oxygen atoms in total. The number of hydrogen-bond donors (Lipinski definition) is 1. The molecule has 0 spiro atoms. The molecular formula is C19H24N8O. The standard InChI is InChI=1S/C19H24N8O/c1-5-15(23-20-3)17-11-21-19-14(16-6-7-22-25(16)4)10-18(24-27(17)19)26-8-9-28-12-13(26)2/h5-7,10-11,13,23H,3,8-9,12H2,1-2,4H3/b15-5-/t13-/m1/s1. The van der Waals surface area contributed by atoms with Crippen LogP contribution in [0.5, 0.6) is 0 Å². The molecule has 1 fully saturated rings. The van der Waals surface area contributed by atoms with Crippen molar-refractivity contribution in [3.8, 4) is 11.3 Å². The minimum atomic E-state index is 0.235. The van der Waals surface area contributed by atoms with E-state index in [1.807, 2.05) is 35.3 Å². The Hall–Kier alpha value is -3.20. The van der Waals surface area contributed by atoms with Crippen LogP contribution in [0.2, 0.25) is 0 Å². The van der Waals surface area contributed by atoms with Crippen molar-refractivity contribution >= 4 is 23.9 Å². The molecule has 0 aromatic carbocycles. The van der Waals surface area contributed by atoms with Crippen LogP contribution in [-0.2, 0) is 11.8 Å². The van der Waals surface area contributed by atoms with Crippen molar-refractivity contribution in [1.29, 1.82) is 0 Å². The molecule has 4 rings (SSSR count). The highest BCUT2D eigenvalue weighted by molar-refractivity contribution is 5.79. The first-order valence-electron chi connectivity index (χ1n) is 9.24. The van der Waals surface area contributed by atoms with E-state index >= 15 is 0 Å². The van der Waals surface area contributed by atoms with Crippen LogP contribution < -0.4 is 10.3 Å². The number of allylic oxidation sites excluding steroid dienone is 1. The van der Waals surface area contributed by atoms with E-state index in [4.69, 9.17) is 9.84 Å². The minimum Gasteiger partial charge on any atom is -0.377 e. The molecule has 1 aliphatic rings. The molecule has 146 valence electrons. The highest BCUT2D eigenvalue weighted by Gasteiger charge is 2.24. The third-order valence-corrected chi connectivity index (χ3v) is 4.98. The second kappa shape index (κ2) is 7.43. The molecule has 1 atom stereocenters. The molecule has 0 amide bonds. The zero-order chi connectivity index (χ0) is 19.7. The largest absolute Gasteiger partial charge is 0.377 e. The van der Waals surface area contributed by atoms with Gasteiger partial charge in [-0.2, -0.15) is 10.2 Å². The van der Waals surface area contributed by atoms with Gasteiger partial charge in [0.2, 0.25) is 0 Å². The van der Waals surface area contributed by atoms with Gasteiger partial charge in [-0.05, 0) is 26.0 Å². The Morgan fingerprint density at radius 2 is 2.32 bits per heavy atom. The van der Waals surface area contributed by atoms with Gasteiger partial charge in [0.25, 0.3) is 0 Å². The summed E-state index contributed by atoms with van der Waals surface area (Å²) in [5.74, 6) is 0.876. The molecular weight excluding hydrogens is 356 g/mol. The SMILES string of the molecule is C=NN/C(=C\C)c1cnc2c(-c3ccnn3C)cc(N3CCOC[C@H]3C)nn12. The average Bonchev–Trinajstić information content (AvgIpc) is 3.32. The van der Waals surface area contributed by atoms with E-state index in [0.29, 0.717) is 13.2 Å².